The van der Waals surface area contributed by atoms with Crippen LogP contribution in [-0.4, -0.2) is 58.5 Å². The molecule has 1 saturated heterocycles. The molecule has 0 radical (unpaired) electrons. The number of carbonyl (C=O) groups is 1. The second-order valence-corrected chi connectivity index (χ2v) is 7.01. The van der Waals surface area contributed by atoms with Crippen molar-refractivity contribution in [2.24, 2.45) is 5.41 Å². The number of rotatable bonds is 4. The van der Waals surface area contributed by atoms with Crippen LogP contribution in [0.15, 0.2) is 0 Å². The van der Waals surface area contributed by atoms with E-state index in [4.69, 9.17) is 4.74 Å². The van der Waals surface area contributed by atoms with Crippen LogP contribution in [0.3, 0.4) is 0 Å². The molecule has 1 aromatic rings. The van der Waals surface area contributed by atoms with E-state index >= 15 is 0 Å². The summed E-state index contributed by atoms with van der Waals surface area (Å²) in [6, 6.07) is 0. The Morgan fingerprint density at radius 2 is 2.13 bits per heavy atom. The zero-order chi connectivity index (χ0) is 16.6. The van der Waals surface area contributed by atoms with Crippen molar-refractivity contribution in [3.63, 3.8) is 0 Å². The molecule has 2 fully saturated rings. The molecule has 1 amide bonds. The van der Waals surface area contributed by atoms with Gasteiger partial charge in [-0.2, -0.15) is 5.10 Å². The topological polar surface area (TPSA) is 78.5 Å². The normalized spacial score (nSPS) is 26.3. The summed E-state index contributed by atoms with van der Waals surface area (Å²) in [6.07, 6.45) is 3.43. The Morgan fingerprint density at radius 1 is 1.43 bits per heavy atom. The molecule has 2 heterocycles. The molecule has 1 aliphatic heterocycles. The van der Waals surface area contributed by atoms with Crippen molar-refractivity contribution in [2.45, 2.75) is 58.2 Å². The average molecular weight is 321 g/mol. The van der Waals surface area contributed by atoms with Crippen LogP contribution in [0.2, 0.25) is 0 Å². The number of H-pyrrole nitrogens is 1. The second-order valence-electron chi connectivity index (χ2n) is 7.01. The SMILES string of the molecule is CO[C@@H]1C[C@H](O)C12CCN(C(=O)CCc1n[nH]c(C)c1C)CC2. The number of nitrogens with zero attached hydrogens (tertiary/aromatic N) is 2. The fourth-order valence-electron chi connectivity index (χ4n) is 4.05. The number of ether oxygens (including phenoxy) is 1. The summed E-state index contributed by atoms with van der Waals surface area (Å²) in [7, 11) is 1.71. The van der Waals surface area contributed by atoms with Gasteiger partial charge in [0.15, 0.2) is 0 Å². The molecule has 128 valence electrons. The van der Waals surface area contributed by atoms with Crippen LogP contribution in [0.25, 0.3) is 0 Å². The van der Waals surface area contributed by atoms with Crippen molar-refractivity contribution in [1.82, 2.24) is 15.1 Å². The minimum Gasteiger partial charge on any atom is -0.392 e. The average Bonchev–Trinajstić information content (AvgIpc) is 2.89. The van der Waals surface area contributed by atoms with Gasteiger partial charge in [0.05, 0.1) is 17.9 Å². The van der Waals surface area contributed by atoms with E-state index in [2.05, 4.69) is 10.2 Å². The van der Waals surface area contributed by atoms with E-state index in [0.717, 1.165) is 36.2 Å². The Balaban J connectivity index is 1.51. The van der Waals surface area contributed by atoms with Crippen LogP contribution < -0.4 is 0 Å². The minimum absolute atomic E-state index is 0.124. The number of aromatic amines is 1. The summed E-state index contributed by atoms with van der Waals surface area (Å²) >= 11 is 0. The molecule has 0 unspecified atom stereocenters. The van der Waals surface area contributed by atoms with Crippen LogP contribution in [0.5, 0.6) is 0 Å². The van der Waals surface area contributed by atoms with Gasteiger partial charge >= 0.3 is 0 Å². The van der Waals surface area contributed by atoms with Gasteiger partial charge in [-0.25, -0.2) is 0 Å². The van der Waals surface area contributed by atoms with E-state index in [-0.39, 0.29) is 23.5 Å². The van der Waals surface area contributed by atoms with Gasteiger partial charge in [0.25, 0.3) is 0 Å². The summed E-state index contributed by atoms with van der Waals surface area (Å²) in [5, 5.41) is 17.4. The highest BCUT2D eigenvalue weighted by molar-refractivity contribution is 5.76. The lowest BCUT2D eigenvalue weighted by atomic mass is 9.58. The number of carbonyl (C=O) groups excluding carboxylic acids is 1. The molecule has 2 aliphatic rings. The molecule has 1 aromatic heterocycles. The second kappa shape index (κ2) is 6.24. The van der Waals surface area contributed by atoms with Gasteiger partial charge in [-0.1, -0.05) is 0 Å². The van der Waals surface area contributed by atoms with Crippen LogP contribution in [0.1, 0.15) is 42.6 Å². The first-order valence-corrected chi connectivity index (χ1v) is 8.47. The molecular weight excluding hydrogens is 294 g/mol. The van der Waals surface area contributed by atoms with Crippen molar-refractivity contribution >= 4 is 5.91 Å². The maximum atomic E-state index is 12.4. The number of aryl methyl sites for hydroxylation is 2. The van der Waals surface area contributed by atoms with Gasteiger partial charge in [0, 0.05) is 50.6 Å². The first kappa shape index (κ1) is 16.5. The molecule has 0 aromatic carbocycles. The fraction of sp³-hybridized carbons (Fsp3) is 0.765. The number of aliphatic hydroxyl groups is 1. The summed E-state index contributed by atoms with van der Waals surface area (Å²) in [5.41, 5.74) is 3.08. The highest BCUT2D eigenvalue weighted by Gasteiger charge is 2.56. The van der Waals surface area contributed by atoms with Gasteiger partial charge in [-0.3, -0.25) is 9.89 Å². The lowest BCUT2D eigenvalue weighted by Crippen LogP contribution is -2.62. The molecule has 0 bridgehead atoms. The Morgan fingerprint density at radius 3 is 2.65 bits per heavy atom. The Kier molecular flexibility index (Phi) is 4.47. The molecule has 1 aliphatic carbocycles. The summed E-state index contributed by atoms with van der Waals surface area (Å²) in [4.78, 5) is 14.4. The van der Waals surface area contributed by atoms with Crippen LogP contribution >= 0.6 is 0 Å². The number of likely N-dealkylation sites (tertiary alicyclic amines) is 1. The Labute approximate surface area is 137 Å². The Hall–Kier alpha value is -1.40. The fourth-order valence-corrected chi connectivity index (χ4v) is 4.05. The van der Waals surface area contributed by atoms with E-state index in [1.165, 1.54) is 0 Å². The van der Waals surface area contributed by atoms with Gasteiger partial charge in [0.1, 0.15) is 0 Å². The summed E-state index contributed by atoms with van der Waals surface area (Å²) in [5.74, 6) is 0.183. The van der Waals surface area contributed by atoms with Crippen LogP contribution in [0.4, 0.5) is 0 Å². The van der Waals surface area contributed by atoms with Crippen molar-refractivity contribution in [3.8, 4) is 0 Å². The number of piperidine rings is 1. The van der Waals surface area contributed by atoms with Crippen molar-refractivity contribution in [2.75, 3.05) is 20.2 Å². The van der Waals surface area contributed by atoms with Crippen molar-refractivity contribution < 1.29 is 14.6 Å². The molecule has 2 atom stereocenters. The van der Waals surface area contributed by atoms with Crippen LogP contribution in [-0.2, 0) is 16.0 Å². The monoisotopic (exact) mass is 321 g/mol. The Bertz CT molecular complexity index is 576. The van der Waals surface area contributed by atoms with Gasteiger partial charge in [-0.05, 0) is 32.3 Å². The highest BCUT2D eigenvalue weighted by atomic mass is 16.5. The molecule has 3 rings (SSSR count). The third-order valence-electron chi connectivity index (χ3n) is 6.00. The largest absolute Gasteiger partial charge is 0.392 e. The first-order valence-electron chi connectivity index (χ1n) is 8.47. The van der Waals surface area contributed by atoms with E-state index in [9.17, 15) is 9.90 Å². The number of hydrogen-bond donors (Lipinski definition) is 2. The van der Waals surface area contributed by atoms with E-state index in [0.29, 0.717) is 25.9 Å². The number of hydrogen-bond acceptors (Lipinski definition) is 4. The number of methoxy groups -OCH3 is 1. The lowest BCUT2D eigenvalue weighted by Gasteiger charge is -2.56. The molecule has 6 nitrogen and oxygen atoms in total. The third-order valence-corrected chi connectivity index (χ3v) is 6.00. The molecular formula is C17H27N3O3. The quantitative estimate of drug-likeness (QED) is 0.877. The predicted molar refractivity (Wildman–Crippen MR) is 86.1 cm³/mol. The van der Waals surface area contributed by atoms with Gasteiger partial charge in [0.2, 0.25) is 5.91 Å². The van der Waals surface area contributed by atoms with Crippen LogP contribution in [0, 0.1) is 19.3 Å². The van der Waals surface area contributed by atoms with Crippen molar-refractivity contribution in [3.05, 3.63) is 17.0 Å². The number of aliphatic hydroxyl groups excluding tert-OH is 1. The lowest BCUT2D eigenvalue weighted by molar-refractivity contribution is -0.202. The molecule has 1 spiro atoms. The summed E-state index contributed by atoms with van der Waals surface area (Å²) < 4.78 is 5.49. The van der Waals surface area contributed by atoms with Gasteiger partial charge < -0.3 is 14.7 Å². The van der Waals surface area contributed by atoms with E-state index < -0.39 is 0 Å². The standard InChI is InChI=1S/C17H27N3O3/c1-11-12(2)18-19-13(11)4-5-16(22)20-8-6-17(7-9-20)14(21)10-15(17)23-3/h14-15,21H,4-10H2,1-3H3,(H,18,19)/t14-,15+/m0/s1. The zero-order valence-corrected chi connectivity index (χ0v) is 14.3. The number of aromatic nitrogens is 2. The molecule has 1 saturated carbocycles. The first-order chi connectivity index (χ1) is 11.0. The minimum atomic E-state index is -0.278. The maximum Gasteiger partial charge on any atom is 0.222 e. The molecule has 6 heteroatoms. The zero-order valence-electron chi connectivity index (χ0n) is 14.3. The number of amides is 1. The summed E-state index contributed by atoms with van der Waals surface area (Å²) in [6.45, 7) is 5.46. The van der Waals surface area contributed by atoms with Gasteiger partial charge in [-0.15, -0.1) is 0 Å². The van der Waals surface area contributed by atoms with E-state index in [1.807, 2.05) is 18.7 Å². The number of nitrogens with one attached hydrogen (secondary N) is 1. The van der Waals surface area contributed by atoms with Crippen molar-refractivity contribution in [1.29, 1.82) is 0 Å². The third kappa shape index (κ3) is 2.78. The molecule has 2 N–H and O–H groups in total. The maximum absolute atomic E-state index is 12.4. The molecule has 23 heavy (non-hydrogen) atoms. The highest BCUT2D eigenvalue weighted by Crippen LogP contribution is 2.50. The predicted octanol–water partition coefficient (Wildman–Crippen LogP) is 1.35. The smallest absolute Gasteiger partial charge is 0.222 e. The van der Waals surface area contributed by atoms with E-state index in [1.54, 1.807) is 7.11 Å².